The van der Waals surface area contributed by atoms with Gasteiger partial charge in [-0.2, -0.15) is 0 Å². The van der Waals surface area contributed by atoms with Crippen molar-refractivity contribution >= 4 is 39.2 Å². The van der Waals surface area contributed by atoms with Gasteiger partial charge >= 0.3 is 6.03 Å². The normalized spacial score (nSPS) is 14.1. The van der Waals surface area contributed by atoms with Crippen molar-refractivity contribution in [1.29, 1.82) is 0 Å². The molecule has 26 heavy (non-hydrogen) atoms. The summed E-state index contributed by atoms with van der Waals surface area (Å²) >= 11 is 3.36. The van der Waals surface area contributed by atoms with Crippen molar-refractivity contribution in [3.8, 4) is 0 Å². The third kappa shape index (κ3) is 4.07. The number of halogens is 1. The first-order chi connectivity index (χ1) is 12.5. The molecule has 0 aromatic heterocycles. The lowest BCUT2D eigenvalue weighted by molar-refractivity contribution is -0.121. The van der Waals surface area contributed by atoms with Crippen LogP contribution in [-0.4, -0.2) is 24.5 Å². The lowest BCUT2D eigenvalue weighted by Gasteiger charge is -2.27. The van der Waals surface area contributed by atoms with E-state index in [0.29, 0.717) is 12.2 Å². The molecule has 5 nitrogen and oxygen atoms in total. The maximum absolute atomic E-state index is 13.1. The number of rotatable bonds is 4. The van der Waals surface area contributed by atoms with Crippen LogP contribution in [0.2, 0.25) is 0 Å². The second kappa shape index (κ2) is 7.91. The van der Waals surface area contributed by atoms with Gasteiger partial charge in [-0.3, -0.25) is 4.79 Å². The van der Waals surface area contributed by atoms with Crippen molar-refractivity contribution in [3.05, 3.63) is 58.6 Å². The first-order valence-corrected chi connectivity index (χ1v) is 9.47. The minimum atomic E-state index is -0.586. The Balaban J connectivity index is 1.70. The molecule has 0 spiro atoms. The molecule has 2 aromatic carbocycles. The molecule has 0 aliphatic carbocycles. The van der Waals surface area contributed by atoms with Crippen molar-refractivity contribution in [3.63, 3.8) is 0 Å². The van der Waals surface area contributed by atoms with Crippen molar-refractivity contribution in [1.82, 2.24) is 5.32 Å². The molecule has 2 aromatic rings. The summed E-state index contributed by atoms with van der Waals surface area (Å²) in [5, 5.41) is 5.61. The Bertz CT molecular complexity index is 805. The van der Waals surface area contributed by atoms with E-state index in [9.17, 15) is 9.59 Å². The quantitative estimate of drug-likeness (QED) is 0.786. The van der Waals surface area contributed by atoms with Gasteiger partial charge in [-0.1, -0.05) is 48.0 Å². The van der Waals surface area contributed by atoms with E-state index in [2.05, 4.69) is 26.6 Å². The van der Waals surface area contributed by atoms with Gasteiger partial charge in [0.15, 0.2) is 0 Å². The Hall–Kier alpha value is -2.34. The minimum Gasteiger partial charge on any atom is -0.326 e. The molecule has 1 aliphatic rings. The smallest absolute Gasteiger partial charge is 0.319 e. The molecule has 2 N–H and O–H groups in total. The van der Waals surface area contributed by atoms with E-state index >= 15 is 0 Å². The number of carbonyl (C=O) groups is 2. The fourth-order valence-corrected chi connectivity index (χ4v) is 3.35. The first kappa shape index (κ1) is 18.5. The van der Waals surface area contributed by atoms with Crippen LogP contribution in [0.3, 0.4) is 0 Å². The lowest BCUT2D eigenvalue weighted by Crippen LogP contribution is -2.52. The highest BCUT2D eigenvalue weighted by Crippen LogP contribution is 2.28. The van der Waals surface area contributed by atoms with Crippen LogP contribution in [0, 0.1) is 5.92 Å². The number of hydrogen-bond donors (Lipinski definition) is 2. The van der Waals surface area contributed by atoms with Gasteiger partial charge in [0.25, 0.3) is 0 Å². The number of nitrogens with zero attached hydrogens (tertiary/aromatic N) is 1. The van der Waals surface area contributed by atoms with E-state index in [1.165, 1.54) is 5.56 Å². The molecular weight excluding hydrogens is 394 g/mol. The first-order valence-electron chi connectivity index (χ1n) is 8.68. The zero-order valence-corrected chi connectivity index (χ0v) is 16.4. The Morgan fingerprint density at radius 3 is 2.46 bits per heavy atom. The van der Waals surface area contributed by atoms with E-state index in [0.717, 1.165) is 16.6 Å². The van der Waals surface area contributed by atoms with Crippen LogP contribution in [-0.2, 0) is 11.2 Å². The van der Waals surface area contributed by atoms with Crippen LogP contribution in [0.15, 0.2) is 53.0 Å². The zero-order valence-electron chi connectivity index (χ0n) is 14.8. The largest absolute Gasteiger partial charge is 0.326 e. The molecule has 0 saturated carbocycles. The van der Waals surface area contributed by atoms with Gasteiger partial charge in [0.2, 0.25) is 5.91 Å². The molecule has 0 fully saturated rings. The molecule has 0 radical (unpaired) electrons. The summed E-state index contributed by atoms with van der Waals surface area (Å²) in [6, 6.07) is 14.2. The van der Waals surface area contributed by atoms with Crippen LogP contribution in [0.1, 0.15) is 19.4 Å². The monoisotopic (exact) mass is 415 g/mol. The highest BCUT2D eigenvalue weighted by Gasteiger charge is 2.32. The maximum Gasteiger partial charge on any atom is 0.319 e. The number of anilines is 2. The predicted molar refractivity (Wildman–Crippen MR) is 107 cm³/mol. The summed E-state index contributed by atoms with van der Waals surface area (Å²) in [6.07, 6.45) is 0.845. The average Bonchev–Trinajstić information content (AvgIpc) is 3.05. The van der Waals surface area contributed by atoms with Crippen molar-refractivity contribution in [2.75, 3.05) is 16.8 Å². The molecular formula is C20H22BrN3O2. The van der Waals surface area contributed by atoms with E-state index in [-0.39, 0.29) is 17.9 Å². The van der Waals surface area contributed by atoms with E-state index in [1.54, 1.807) is 17.0 Å². The topological polar surface area (TPSA) is 61.4 Å². The Morgan fingerprint density at radius 2 is 1.77 bits per heavy atom. The molecule has 136 valence electrons. The Kier molecular flexibility index (Phi) is 5.61. The number of hydrogen-bond acceptors (Lipinski definition) is 2. The van der Waals surface area contributed by atoms with Crippen molar-refractivity contribution in [2.24, 2.45) is 5.92 Å². The minimum absolute atomic E-state index is 0.0223. The standard InChI is InChI=1S/C20H22BrN3O2/c1-13(2)18(23-20(26)22-16-9-7-15(21)8-10-16)19(25)24-12-11-14-5-3-4-6-17(14)24/h3-10,13,18H,11-12H2,1-2H3,(H2,22,23,26)/t18-/m1/s1. The number of carbonyl (C=O) groups excluding carboxylic acids is 2. The van der Waals surface area contributed by atoms with Crippen LogP contribution in [0.4, 0.5) is 16.2 Å². The summed E-state index contributed by atoms with van der Waals surface area (Å²) in [5.74, 6) is -0.0955. The zero-order chi connectivity index (χ0) is 18.7. The predicted octanol–water partition coefficient (Wildman–Crippen LogP) is 4.18. The summed E-state index contributed by atoms with van der Waals surface area (Å²) < 4.78 is 0.936. The second-order valence-corrected chi connectivity index (χ2v) is 7.61. The number of amides is 3. The number of benzene rings is 2. The summed E-state index contributed by atoms with van der Waals surface area (Å²) in [5.41, 5.74) is 2.79. The maximum atomic E-state index is 13.1. The van der Waals surface area contributed by atoms with Crippen LogP contribution in [0.25, 0.3) is 0 Å². The summed E-state index contributed by atoms with van der Waals surface area (Å²) in [4.78, 5) is 27.2. The van der Waals surface area contributed by atoms with Crippen LogP contribution < -0.4 is 15.5 Å². The van der Waals surface area contributed by atoms with Gasteiger partial charge < -0.3 is 15.5 Å². The molecule has 0 saturated heterocycles. The van der Waals surface area contributed by atoms with Crippen molar-refractivity contribution < 1.29 is 9.59 Å². The molecule has 3 rings (SSSR count). The van der Waals surface area contributed by atoms with Crippen LogP contribution in [0.5, 0.6) is 0 Å². The van der Waals surface area contributed by atoms with Crippen LogP contribution >= 0.6 is 15.9 Å². The van der Waals surface area contributed by atoms with Crippen molar-refractivity contribution in [2.45, 2.75) is 26.3 Å². The summed E-state index contributed by atoms with van der Waals surface area (Å²) in [7, 11) is 0. The molecule has 0 bridgehead atoms. The van der Waals surface area contributed by atoms with E-state index in [1.807, 2.05) is 50.2 Å². The SMILES string of the molecule is CC(C)[C@@H](NC(=O)Nc1ccc(Br)cc1)C(=O)N1CCc2ccccc21. The Morgan fingerprint density at radius 1 is 1.08 bits per heavy atom. The van der Waals surface area contributed by atoms with E-state index < -0.39 is 6.04 Å². The van der Waals surface area contributed by atoms with Gasteiger partial charge in [-0.25, -0.2) is 4.79 Å². The number of nitrogens with one attached hydrogen (secondary N) is 2. The molecule has 0 unspecified atom stereocenters. The molecule has 3 amide bonds. The number of urea groups is 1. The lowest BCUT2D eigenvalue weighted by atomic mass is 10.0. The van der Waals surface area contributed by atoms with Gasteiger partial charge in [-0.15, -0.1) is 0 Å². The molecule has 1 aliphatic heterocycles. The molecule has 1 atom stereocenters. The number of para-hydroxylation sites is 1. The molecule has 1 heterocycles. The fourth-order valence-electron chi connectivity index (χ4n) is 3.09. The highest BCUT2D eigenvalue weighted by atomic mass is 79.9. The third-order valence-corrected chi connectivity index (χ3v) is 5.00. The average molecular weight is 416 g/mol. The second-order valence-electron chi connectivity index (χ2n) is 6.70. The van der Waals surface area contributed by atoms with Gasteiger partial charge in [0.1, 0.15) is 6.04 Å². The van der Waals surface area contributed by atoms with E-state index in [4.69, 9.17) is 0 Å². The van der Waals surface area contributed by atoms with Gasteiger partial charge in [-0.05, 0) is 48.2 Å². The number of fused-ring (bicyclic) bond motifs is 1. The molecule has 6 heteroatoms. The Labute approximate surface area is 161 Å². The van der Waals surface area contributed by atoms with Gasteiger partial charge in [0.05, 0.1) is 0 Å². The van der Waals surface area contributed by atoms with Gasteiger partial charge in [0, 0.05) is 22.4 Å². The third-order valence-electron chi connectivity index (χ3n) is 4.47. The fraction of sp³-hybridized carbons (Fsp3) is 0.300. The highest BCUT2D eigenvalue weighted by molar-refractivity contribution is 9.10. The summed E-state index contributed by atoms with van der Waals surface area (Å²) in [6.45, 7) is 4.52.